The molecule has 1 aromatic rings. The quantitative estimate of drug-likeness (QED) is 0.842. The van der Waals surface area contributed by atoms with Gasteiger partial charge in [-0.25, -0.2) is 0 Å². The molecule has 0 aliphatic heterocycles. The second-order valence-corrected chi connectivity index (χ2v) is 5.20. The average Bonchev–Trinajstić information content (AvgIpc) is 2.30. The van der Waals surface area contributed by atoms with Gasteiger partial charge in [0, 0.05) is 23.3 Å². The van der Waals surface area contributed by atoms with Gasteiger partial charge in [0.05, 0.1) is 5.56 Å². The van der Waals surface area contributed by atoms with E-state index in [-0.39, 0.29) is 11.4 Å². The van der Waals surface area contributed by atoms with Crippen molar-refractivity contribution in [3.8, 4) is 0 Å². The molecule has 0 aliphatic rings. The van der Waals surface area contributed by atoms with E-state index in [9.17, 15) is 4.79 Å². The molecule has 0 saturated carbocycles. The number of nitrogens with two attached hydrogens (primary N) is 1. The Bertz CT molecular complexity index is 429. The van der Waals surface area contributed by atoms with Crippen LogP contribution in [0.3, 0.4) is 0 Å². The molecular weight excluding hydrogens is 236 g/mol. The zero-order valence-corrected chi connectivity index (χ0v) is 11.5. The van der Waals surface area contributed by atoms with Crippen LogP contribution in [0.2, 0.25) is 5.02 Å². The third-order valence-corrected chi connectivity index (χ3v) is 3.56. The number of anilines is 1. The number of nitrogens with zero attached hydrogens (tertiary/aromatic N) is 1. The Labute approximate surface area is 108 Å². The summed E-state index contributed by atoms with van der Waals surface area (Å²) in [6.45, 7) is 6.09. The van der Waals surface area contributed by atoms with Gasteiger partial charge in [-0.3, -0.25) is 4.79 Å². The molecule has 94 valence electrons. The Kier molecular flexibility index (Phi) is 4.04. The maximum atomic E-state index is 12.3. The molecule has 0 spiro atoms. The summed E-state index contributed by atoms with van der Waals surface area (Å²) in [7, 11) is 1.78. The highest BCUT2D eigenvalue weighted by molar-refractivity contribution is 6.31. The van der Waals surface area contributed by atoms with Crippen LogP contribution < -0.4 is 5.73 Å². The van der Waals surface area contributed by atoms with Crippen molar-refractivity contribution in [2.45, 2.75) is 32.7 Å². The molecule has 0 saturated heterocycles. The molecule has 0 heterocycles. The number of hydrogen-bond donors (Lipinski definition) is 1. The molecule has 0 bridgehead atoms. The van der Waals surface area contributed by atoms with E-state index in [1.54, 1.807) is 30.1 Å². The monoisotopic (exact) mass is 254 g/mol. The number of rotatable bonds is 3. The van der Waals surface area contributed by atoms with E-state index in [0.717, 1.165) is 6.42 Å². The number of hydrogen-bond acceptors (Lipinski definition) is 2. The fourth-order valence-corrected chi connectivity index (χ4v) is 1.58. The summed E-state index contributed by atoms with van der Waals surface area (Å²) < 4.78 is 0. The minimum absolute atomic E-state index is 0.100. The van der Waals surface area contributed by atoms with E-state index >= 15 is 0 Å². The Morgan fingerprint density at radius 2 is 2.06 bits per heavy atom. The first-order valence-electron chi connectivity index (χ1n) is 5.62. The summed E-state index contributed by atoms with van der Waals surface area (Å²) >= 11 is 5.89. The lowest BCUT2D eigenvalue weighted by molar-refractivity contribution is 0.0621. The van der Waals surface area contributed by atoms with Crippen LogP contribution in [0, 0.1) is 0 Å². The van der Waals surface area contributed by atoms with Crippen LogP contribution in [0.5, 0.6) is 0 Å². The lowest BCUT2D eigenvalue weighted by Crippen LogP contribution is -2.44. The molecule has 0 atom stereocenters. The fraction of sp³-hybridized carbons (Fsp3) is 0.462. The van der Waals surface area contributed by atoms with Crippen LogP contribution in [0.25, 0.3) is 0 Å². The highest BCUT2D eigenvalue weighted by atomic mass is 35.5. The van der Waals surface area contributed by atoms with Gasteiger partial charge in [0.15, 0.2) is 0 Å². The number of halogens is 1. The number of carbonyl (C=O) groups excluding carboxylic acids is 1. The number of benzene rings is 1. The van der Waals surface area contributed by atoms with Gasteiger partial charge in [-0.15, -0.1) is 0 Å². The van der Waals surface area contributed by atoms with Gasteiger partial charge >= 0.3 is 0 Å². The van der Waals surface area contributed by atoms with Gasteiger partial charge in [-0.2, -0.15) is 0 Å². The first-order valence-corrected chi connectivity index (χ1v) is 6.00. The number of carbonyl (C=O) groups is 1. The molecule has 0 aliphatic carbocycles. The summed E-state index contributed by atoms with van der Waals surface area (Å²) in [6, 6.07) is 4.95. The molecule has 0 unspecified atom stereocenters. The molecular formula is C13H19ClN2O. The Morgan fingerprint density at radius 3 is 2.59 bits per heavy atom. The van der Waals surface area contributed by atoms with Crippen LogP contribution in [0.4, 0.5) is 5.69 Å². The average molecular weight is 255 g/mol. The highest BCUT2D eigenvalue weighted by Gasteiger charge is 2.27. The third-order valence-electron chi connectivity index (χ3n) is 3.32. The predicted molar refractivity (Wildman–Crippen MR) is 72.3 cm³/mol. The van der Waals surface area contributed by atoms with Crippen molar-refractivity contribution >= 4 is 23.2 Å². The third kappa shape index (κ3) is 2.91. The maximum Gasteiger partial charge on any atom is 0.256 e. The second-order valence-electron chi connectivity index (χ2n) is 4.76. The molecule has 0 aromatic heterocycles. The number of nitrogen functional groups attached to an aromatic ring is 1. The normalized spacial score (nSPS) is 11.4. The molecule has 17 heavy (non-hydrogen) atoms. The van der Waals surface area contributed by atoms with Crippen LogP contribution in [0.15, 0.2) is 18.2 Å². The lowest BCUT2D eigenvalue weighted by atomic mass is 9.98. The molecule has 0 radical (unpaired) electrons. The van der Waals surface area contributed by atoms with Crippen molar-refractivity contribution in [3.63, 3.8) is 0 Å². The van der Waals surface area contributed by atoms with Gasteiger partial charge in [0.1, 0.15) is 0 Å². The Morgan fingerprint density at radius 1 is 1.47 bits per heavy atom. The summed E-state index contributed by atoms with van der Waals surface area (Å²) in [4.78, 5) is 14.0. The first kappa shape index (κ1) is 13.8. The molecule has 0 fully saturated rings. The number of amides is 1. The molecule has 4 heteroatoms. The predicted octanol–water partition coefficient (Wildman–Crippen LogP) is 3.18. The minimum Gasteiger partial charge on any atom is -0.398 e. The van der Waals surface area contributed by atoms with Gasteiger partial charge < -0.3 is 10.6 Å². The van der Waals surface area contributed by atoms with Crippen molar-refractivity contribution in [3.05, 3.63) is 28.8 Å². The second kappa shape index (κ2) is 4.96. The van der Waals surface area contributed by atoms with Crippen LogP contribution in [0.1, 0.15) is 37.6 Å². The maximum absolute atomic E-state index is 12.3. The zero-order valence-electron chi connectivity index (χ0n) is 10.7. The summed E-state index contributed by atoms with van der Waals surface area (Å²) in [5, 5.41) is 0.519. The molecule has 1 rings (SSSR count). The van der Waals surface area contributed by atoms with Crippen molar-refractivity contribution in [2.75, 3.05) is 12.8 Å². The molecule has 3 nitrogen and oxygen atoms in total. The van der Waals surface area contributed by atoms with Gasteiger partial charge in [0.2, 0.25) is 0 Å². The summed E-state index contributed by atoms with van der Waals surface area (Å²) in [6.07, 6.45) is 0.871. The summed E-state index contributed by atoms with van der Waals surface area (Å²) in [5.41, 5.74) is 6.52. The Hall–Kier alpha value is -1.22. The topological polar surface area (TPSA) is 46.3 Å². The van der Waals surface area contributed by atoms with E-state index in [1.807, 2.05) is 20.8 Å². The lowest BCUT2D eigenvalue weighted by Gasteiger charge is -2.35. The Balaban J connectivity index is 3.08. The summed E-state index contributed by atoms with van der Waals surface area (Å²) in [5.74, 6) is -0.100. The van der Waals surface area contributed by atoms with Gasteiger partial charge in [-0.1, -0.05) is 18.5 Å². The SMILES string of the molecule is CCC(C)(C)N(C)C(=O)c1cc(Cl)ccc1N. The highest BCUT2D eigenvalue weighted by Crippen LogP contribution is 2.24. The molecule has 2 N–H and O–H groups in total. The smallest absolute Gasteiger partial charge is 0.256 e. The van der Waals surface area contributed by atoms with Crippen molar-refractivity contribution in [1.82, 2.24) is 4.90 Å². The molecule has 1 amide bonds. The largest absolute Gasteiger partial charge is 0.398 e. The first-order chi connectivity index (χ1) is 7.79. The van der Waals surface area contributed by atoms with E-state index in [2.05, 4.69) is 0 Å². The van der Waals surface area contributed by atoms with E-state index in [1.165, 1.54) is 0 Å². The van der Waals surface area contributed by atoms with Crippen molar-refractivity contribution < 1.29 is 4.79 Å². The van der Waals surface area contributed by atoms with E-state index < -0.39 is 0 Å². The van der Waals surface area contributed by atoms with Crippen LogP contribution in [-0.4, -0.2) is 23.4 Å². The molecule has 1 aromatic carbocycles. The van der Waals surface area contributed by atoms with Crippen LogP contribution >= 0.6 is 11.6 Å². The minimum atomic E-state index is -0.203. The zero-order chi connectivity index (χ0) is 13.2. The van der Waals surface area contributed by atoms with E-state index in [0.29, 0.717) is 16.3 Å². The van der Waals surface area contributed by atoms with E-state index in [4.69, 9.17) is 17.3 Å². The standard InChI is InChI=1S/C13H19ClN2O/c1-5-13(2,3)16(4)12(17)10-8-9(14)6-7-11(10)15/h6-8H,5,15H2,1-4H3. The van der Waals surface area contributed by atoms with Crippen molar-refractivity contribution in [1.29, 1.82) is 0 Å². The van der Waals surface area contributed by atoms with Gasteiger partial charge in [0.25, 0.3) is 5.91 Å². The van der Waals surface area contributed by atoms with Gasteiger partial charge in [-0.05, 0) is 38.5 Å². The van der Waals surface area contributed by atoms with Crippen LogP contribution in [-0.2, 0) is 0 Å². The fourth-order valence-electron chi connectivity index (χ4n) is 1.41. The van der Waals surface area contributed by atoms with Crippen molar-refractivity contribution in [2.24, 2.45) is 0 Å².